The molecule has 0 saturated carbocycles. The molecule has 4 heterocycles. The first-order valence-electron chi connectivity index (χ1n) is 10.6. The van der Waals surface area contributed by atoms with Crippen molar-refractivity contribution in [3.63, 3.8) is 0 Å². The van der Waals surface area contributed by atoms with E-state index in [1.807, 2.05) is 29.8 Å². The van der Waals surface area contributed by atoms with Crippen molar-refractivity contribution in [1.29, 1.82) is 0 Å². The molecular formula is C23H25N7OS. The van der Waals surface area contributed by atoms with Gasteiger partial charge in [-0.25, -0.2) is 0 Å². The van der Waals surface area contributed by atoms with Crippen molar-refractivity contribution in [2.45, 2.75) is 6.54 Å². The van der Waals surface area contributed by atoms with Gasteiger partial charge in [0, 0.05) is 50.0 Å². The third kappa shape index (κ3) is 4.50. The third-order valence-electron chi connectivity index (χ3n) is 5.71. The van der Waals surface area contributed by atoms with Crippen LogP contribution in [0.25, 0.3) is 10.1 Å². The molecule has 1 aromatic carbocycles. The average Bonchev–Trinajstić information content (AvgIpc) is 3.47. The summed E-state index contributed by atoms with van der Waals surface area (Å²) in [6.45, 7) is 5.30. The first-order chi connectivity index (χ1) is 15.7. The Kier molecular flexibility index (Phi) is 5.85. The van der Waals surface area contributed by atoms with Gasteiger partial charge in [0.25, 0.3) is 5.91 Å². The molecule has 1 aliphatic rings. The van der Waals surface area contributed by atoms with E-state index in [0.717, 1.165) is 54.2 Å². The summed E-state index contributed by atoms with van der Waals surface area (Å²) in [6, 6.07) is 10.1. The standard InChI is InChI=1S/C23H25N7OS/c1-29-7-9-30(10-8-29)15-16-2-4-18(5-3-16)26-23(31)21-19(14-25-28-21)27-20-13-24-12-17-6-11-32-22(17)20/h2-6,11-14,27H,7-10,15H2,1H3,(H,25,28)(H,26,31). The van der Waals surface area contributed by atoms with E-state index >= 15 is 0 Å². The highest BCUT2D eigenvalue weighted by atomic mass is 32.1. The van der Waals surface area contributed by atoms with Crippen LogP contribution in [0.4, 0.5) is 17.1 Å². The number of nitrogens with one attached hydrogen (secondary N) is 3. The van der Waals surface area contributed by atoms with Crippen LogP contribution in [0.1, 0.15) is 16.1 Å². The van der Waals surface area contributed by atoms with Gasteiger partial charge >= 0.3 is 0 Å². The number of likely N-dealkylation sites (N-methyl/N-ethyl adjacent to an activating group) is 1. The number of hydrogen-bond acceptors (Lipinski definition) is 7. The number of benzene rings is 1. The lowest BCUT2D eigenvalue weighted by molar-refractivity contribution is 0.102. The maximum Gasteiger partial charge on any atom is 0.275 e. The SMILES string of the molecule is CN1CCN(Cc2ccc(NC(=O)c3[nH]ncc3Nc3cncc4ccsc34)cc2)CC1. The zero-order valence-corrected chi connectivity index (χ0v) is 18.7. The number of rotatable bonds is 6. The van der Waals surface area contributed by atoms with E-state index in [1.54, 1.807) is 23.7 Å². The molecule has 1 fully saturated rings. The minimum absolute atomic E-state index is 0.247. The Labute approximate surface area is 190 Å². The second-order valence-corrected chi connectivity index (χ2v) is 8.96. The number of anilines is 3. The van der Waals surface area contributed by atoms with Gasteiger partial charge in [-0.2, -0.15) is 5.10 Å². The molecule has 0 bridgehead atoms. The number of nitrogens with zero attached hydrogens (tertiary/aromatic N) is 4. The number of carbonyl (C=O) groups is 1. The van der Waals surface area contributed by atoms with Gasteiger partial charge < -0.3 is 15.5 Å². The van der Waals surface area contributed by atoms with Crippen LogP contribution >= 0.6 is 11.3 Å². The van der Waals surface area contributed by atoms with Gasteiger partial charge in [-0.1, -0.05) is 12.1 Å². The Morgan fingerprint density at radius 1 is 1.06 bits per heavy atom. The second-order valence-electron chi connectivity index (χ2n) is 8.04. The molecule has 3 aromatic heterocycles. The Balaban J connectivity index is 1.24. The number of aromatic nitrogens is 3. The first-order valence-corrected chi connectivity index (χ1v) is 11.5. The fourth-order valence-electron chi connectivity index (χ4n) is 3.83. The minimum Gasteiger partial charge on any atom is -0.350 e. The molecular weight excluding hydrogens is 422 g/mol. The van der Waals surface area contributed by atoms with Crippen molar-refractivity contribution in [1.82, 2.24) is 25.0 Å². The van der Waals surface area contributed by atoms with Crippen molar-refractivity contribution in [2.75, 3.05) is 43.9 Å². The number of fused-ring (bicyclic) bond motifs is 1. The lowest BCUT2D eigenvalue weighted by Crippen LogP contribution is -2.43. The number of carbonyl (C=O) groups excluding carboxylic acids is 1. The summed E-state index contributed by atoms with van der Waals surface area (Å²) in [7, 11) is 2.16. The zero-order chi connectivity index (χ0) is 21.9. The molecule has 4 aromatic rings. The van der Waals surface area contributed by atoms with Crippen LogP contribution in [0.2, 0.25) is 0 Å². The molecule has 1 saturated heterocycles. The Morgan fingerprint density at radius 3 is 2.69 bits per heavy atom. The van der Waals surface area contributed by atoms with Gasteiger partial charge in [0.1, 0.15) is 5.69 Å². The lowest BCUT2D eigenvalue weighted by Gasteiger charge is -2.32. The Bertz CT molecular complexity index is 1210. The number of pyridine rings is 1. The average molecular weight is 448 g/mol. The molecule has 1 aliphatic heterocycles. The molecule has 164 valence electrons. The van der Waals surface area contributed by atoms with Crippen LogP contribution in [-0.2, 0) is 6.54 Å². The fourth-order valence-corrected chi connectivity index (χ4v) is 4.67. The van der Waals surface area contributed by atoms with Crippen LogP contribution < -0.4 is 10.6 Å². The number of hydrogen-bond donors (Lipinski definition) is 3. The molecule has 9 heteroatoms. The maximum absolute atomic E-state index is 12.9. The highest BCUT2D eigenvalue weighted by Gasteiger charge is 2.17. The second kappa shape index (κ2) is 9.07. The normalized spacial score (nSPS) is 15.2. The van der Waals surface area contributed by atoms with Gasteiger partial charge in [0.15, 0.2) is 0 Å². The molecule has 0 spiro atoms. The van der Waals surface area contributed by atoms with E-state index < -0.39 is 0 Å². The minimum atomic E-state index is -0.247. The number of aromatic amines is 1. The molecule has 8 nitrogen and oxygen atoms in total. The third-order valence-corrected chi connectivity index (χ3v) is 6.67. The Morgan fingerprint density at radius 2 is 1.88 bits per heavy atom. The Hall–Kier alpha value is -3.27. The van der Waals surface area contributed by atoms with Crippen molar-refractivity contribution < 1.29 is 4.79 Å². The van der Waals surface area contributed by atoms with E-state index in [2.05, 4.69) is 54.8 Å². The van der Waals surface area contributed by atoms with Crippen molar-refractivity contribution in [3.05, 3.63) is 65.6 Å². The van der Waals surface area contributed by atoms with Crippen LogP contribution in [0.5, 0.6) is 0 Å². The molecule has 0 aliphatic carbocycles. The van der Waals surface area contributed by atoms with E-state index in [-0.39, 0.29) is 5.91 Å². The van der Waals surface area contributed by atoms with Crippen molar-refractivity contribution in [2.24, 2.45) is 0 Å². The predicted octanol–water partition coefficient (Wildman–Crippen LogP) is 3.76. The first kappa shape index (κ1) is 20.6. The van der Waals surface area contributed by atoms with E-state index in [1.165, 1.54) is 5.56 Å². The fraction of sp³-hybridized carbons (Fsp3) is 0.261. The van der Waals surface area contributed by atoms with Gasteiger partial charge in [0.2, 0.25) is 0 Å². The van der Waals surface area contributed by atoms with E-state index in [0.29, 0.717) is 11.4 Å². The van der Waals surface area contributed by atoms with Crippen molar-refractivity contribution in [3.8, 4) is 0 Å². The molecule has 3 N–H and O–H groups in total. The molecule has 0 radical (unpaired) electrons. The van der Waals surface area contributed by atoms with Crippen LogP contribution in [-0.4, -0.2) is 64.1 Å². The number of H-pyrrole nitrogens is 1. The highest BCUT2D eigenvalue weighted by molar-refractivity contribution is 7.17. The molecule has 5 rings (SSSR count). The van der Waals surface area contributed by atoms with Gasteiger partial charge in [-0.3, -0.25) is 19.8 Å². The molecule has 32 heavy (non-hydrogen) atoms. The summed E-state index contributed by atoms with van der Waals surface area (Å²) in [6.07, 6.45) is 5.19. The molecule has 0 unspecified atom stereocenters. The largest absolute Gasteiger partial charge is 0.350 e. The number of amides is 1. The van der Waals surface area contributed by atoms with Crippen LogP contribution in [0.3, 0.4) is 0 Å². The van der Waals surface area contributed by atoms with E-state index in [4.69, 9.17) is 0 Å². The smallest absolute Gasteiger partial charge is 0.275 e. The molecule has 0 atom stereocenters. The quantitative estimate of drug-likeness (QED) is 0.417. The summed E-state index contributed by atoms with van der Waals surface area (Å²) in [5.41, 5.74) is 3.82. The molecule has 1 amide bonds. The van der Waals surface area contributed by atoms with E-state index in [9.17, 15) is 4.79 Å². The summed E-state index contributed by atoms with van der Waals surface area (Å²) in [5, 5.41) is 16.2. The summed E-state index contributed by atoms with van der Waals surface area (Å²) in [5.74, 6) is -0.247. The number of thiophene rings is 1. The zero-order valence-electron chi connectivity index (χ0n) is 17.8. The highest BCUT2D eigenvalue weighted by Crippen LogP contribution is 2.30. The van der Waals surface area contributed by atoms with Crippen molar-refractivity contribution >= 4 is 44.4 Å². The summed E-state index contributed by atoms with van der Waals surface area (Å²) in [4.78, 5) is 22.0. The summed E-state index contributed by atoms with van der Waals surface area (Å²) >= 11 is 1.63. The van der Waals surface area contributed by atoms with Crippen LogP contribution in [0, 0.1) is 0 Å². The monoisotopic (exact) mass is 447 g/mol. The van der Waals surface area contributed by atoms with Gasteiger partial charge in [0.05, 0.1) is 28.5 Å². The van der Waals surface area contributed by atoms with Crippen LogP contribution in [0.15, 0.2) is 54.3 Å². The number of piperazine rings is 1. The maximum atomic E-state index is 12.9. The predicted molar refractivity (Wildman–Crippen MR) is 129 cm³/mol. The lowest BCUT2D eigenvalue weighted by atomic mass is 10.1. The van der Waals surface area contributed by atoms with Gasteiger partial charge in [-0.05, 0) is 36.2 Å². The van der Waals surface area contributed by atoms with Gasteiger partial charge in [-0.15, -0.1) is 11.3 Å². The summed E-state index contributed by atoms with van der Waals surface area (Å²) < 4.78 is 1.09. The topological polar surface area (TPSA) is 89.2 Å².